The summed E-state index contributed by atoms with van der Waals surface area (Å²) in [5, 5.41) is 2.92. The van der Waals surface area contributed by atoms with Gasteiger partial charge in [0.1, 0.15) is 11.3 Å². The molecule has 1 amide bonds. The van der Waals surface area contributed by atoms with Crippen molar-refractivity contribution in [3.05, 3.63) is 63.6 Å². The predicted octanol–water partition coefficient (Wildman–Crippen LogP) is 3.72. The van der Waals surface area contributed by atoms with Crippen molar-refractivity contribution in [1.82, 2.24) is 5.32 Å². The van der Waals surface area contributed by atoms with Crippen LogP contribution in [0.1, 0.15) is 23.6 Å². The Bertz CT molecular complexity index is 718. The summed E-state index contributed by atoms with van der Waals surface area (Å²) in [7, 11) is 1.65. The van der Waals surface area contributed by atoms with Crippen LogP contribution in [0.5, 0.6) is 5.75 Å². The molecule has 0 bridgehead atoms. The van der Waals surface area contributed by atoms with Gasteiger partial charge in [0.25, 0.3) is 0 Å². The van der Waals surface area contributed by atoms with Gasteiger partial charge in [-0.3, -0.25) is 4.79 Å². The molecule has 0 saturated heterocycles. The van der Waals surface area contributed by atoms with E-state index in [1.807, 2.05) is 43.3 Å². The highest BCUT2D eigenvalue weighted by molar-refractivity contribution is 9.10. The van der Waals surface area contributed by atoms with Crippen LogP contribution in [-0.2, 0) is 16.8 Å². The Hall–Kier alpha value is -1.56. The molecule has 136 valence electrons. The molecule has 0 aliphatic carbocycles. The minimum Gasteiger partial charge on any atom is -0.496 e. The van der Waals surface area contributed by atoms with Crippen molar-refractivity contribution >= 4 is 34.2 Å². The van der Waals surface area contributed by atoms with Crippen LogP contribution >= 0.6 is 28.3 Å². The first-order valence-corrected chi connectivity index (χ1v) is 8.60. The van der Waals surface area contributed by atoms with E-state index in [4.69, 9.17) is 10.5 Å². The van der Waals surface area contributed by atoms with Crippen LogP contribution in [0.15, 0.2) is 46.9 Å². The number of carbonyl (C=O) groups excluding carboxylic acids is 1. The molecule has 3 N–H and O–H groups in total. The lowest BCUT2D eigenvalue weighted by Gasteiger charge is -2.24. The molecule has 2 rings (SSSR count). The van der Waals surface area contributed by atoms with Gasteiger partial charge in [0.05, 0.1) is 7.11 Å². The highest BCUT2D eigenvalue weighted by atomic mass is 79.9. The van der Waals surface area contributed by atoms with Crippen molar-refractivity contribution in [2.45, 2.75) is 25.8 Å². The summed E-state index contributed by atoms with van der Waals surface area (Å²) in [5.41, 5.74) is 8.17. The molecule has 0 heterocycles. The molecule has 1 atom stereocenters. The summed E-state index contributed by atoms with van der Waals surface area (Å²) in [6.45, 7) is 4.26. The number of benzene rings is 2. The van der Waals surface area contributed by atoms with Gasteiger partial charge in [-0.1, -0.05) is 45.8 Å². The summed E-state index contributed by atoms with van der Waals surface area (Å²) in [6.07, 6.45) is 0.688. The monoisotopic (exact) mass is 426 g/mol. The largest absolute Gasteiger partial charge is 0.496 e. The number of ether oxygens (including phenoxy) is 1. The van der Waals surface area contributed by atoms with E-state index in [0.717, 1.165) is 26.9 Å². The second-order valence-corrected chi connectivity index (χ2v) is 6.95. The summed E-state index contributed by atoms with van der Waals surface area (Å²) < 4.78 is 6.32. The average molecular weight is 428 g/mol. The number of aryl methyl sites for hydroxylation is 1. The predicted molar refractivity (Wildman–Crippen MR) is 107 cm³/mol. The van der Waals surface area contributed by atoms with Crippen molar-refractivity contribution in [2.75, 3.05) is 13.7 Å². The van der Waals surface area contributed by atoms with Crippen molar-refractivity contribution in [2.24, 2.45) is 5.73 Å². The van der Waals surface area contributed by atoms with E-state index in [-0.39, 0.29) is 18.3 Å². The Morgan fingerprint density at radius 1 is 1.24 bits per heavy atom. The zero-order valence-electron chi connectivity index (χ0n) is 14.6. The highest BCUT2D eigenvalue weighted by Crippen LogP contribution is 2.22. The Labute approximate surface area is 163 Å². The van der Waals surface area contributed by atoms with E-state index in [1.165, 1.54) is 0 Å². The number of hydrogen-bond acceptors (Lipinski definition) is 3. The average Bonchev–Trinajstić information content (AvgIpc) is 2.55. The fraction of sp³-hybridized carbons (Fsp3) is 0.316. The van der Waals surface area contributed by atoms with E-state index in [9.17, 15) is 4.79 Å². The Morgan fingerprint density at radius 3 is 2.48 bits per heavy atom. The lowest BCUT2D eigenvalue weighted by Crippen LogP contribution is -2.49. The quantitative estimate of drug-likeness (QED) is 0.738. The highest BCUT2D eigenvalue weighted by Gasteiger charge is 2.30. The minimum absolute atomic E-state index is 0. The van der Waals surface area contributed by atoms with Crippen molar-refractivity contribution in [3.8, 4) is 5.75 Å². The summed E-state index contributed by atoms with van der Waals surface area (Å²) in [5.74, 6) is 0.634. The Kier molecular flexibility index (Phi) is 7.93. The number of rotatable bonds is 6. The van der Waals surface area contributed by atoms with Gasteiger partial charge < -0.3 is 15.8 Å². The molecule has 6 heteroatoms. The lowest BCUT2D eigenvalue weighted by molar-refractivity contribution is -0.126. The van der Waals surface area contributed by atoms with Gasteiger partial charge >= 0.3 is 0 Å². The number of methoxy groups -OCH3 is 1. The van der Waals surface area contributed by atoms with Crippen molar-refractivity contribution < 1.29 is 9.53 Å². The molecular formula is C19H24BrClN2O2. The van der Waals surface area contributed by atoms with Gasteiger partial charge in [-0.15, -0.1) is 12.4 Å². The fourth-order valence-electron chi connectivity index (χ4n) is 2.52. The SMILES string of the molecule is COc1ccc(C)cc1CCNC(=O)C(C)(N)c1ccc(Br)cc1.Cl. The Balaban J connectivity index is 0.00000312. The van der Waals surface area contributed by atoms with Crippen LogP contribution in [0, 0.1) is 6.92 Å². The van der Waals surface area contributed by atoms with E-state index in [2.05, 4.69) is 27.3 Å². The third-order valence-electron chi connectivity index (χ3n) is 4.03. The number of nitrogens with one attached hydrogen (secondary N) is 1. The van der Waals surface area contributed by atoms with Crippen LogP contribution < -0.4 is 15.8 Å². The smallest absolute Gasteiger partial charge is 0.244 e. The molecular weight excluding hydrogens is 404 g/mol. The molecule has 0 fully saturated rings. The van der Waals surface area contributed by atoms with Crippen LogP contribution in [0.4, 0.5) is 0 Å². The number of carbonyl (C=O) groups is 1. The van der Waals surface area contributed by atoms with Crippen molar-refractivity contribution in [1.29, 1.82) is 0 Å². The molecule has 0 aliphatic heterocycles. The maximum atomic E-state index is 12.5. The van der Waals surface area contributed by atoms with E-state index < -0.39 is 5.54 Å². The zero-order valence-corrected chi connectivity index (χ0v) is 17.0. The first-order valence-electron chi connectivity index (χ1n) is 7.81. The van der Waals surface area contributed by atoms with Crippen LogP contribution in [0.25, 0.3) is 0 Å². The topological polar surface area (TPSA) is 64.3 Å². The molecule has 2 aromatic carbocycles. The lowest BCUT2D eigenvalue weighted by atomic mass is 9.92. The number of hydrogen-bond donors (Lipinski definition) is 2. The summed E-state index contributed by atoms with van der Waals surface area (Å²) in [6, 6.07) is 13.5. The zero-order chi connectivity index (χ0) is 17.7. The molecule has 0 aromatic heterocycles. The molecule has 0 aliphatic rings. The summed E-state index contributed by atoms with van der Waals surface area (Å²) >= 11 is 3.38. The minimum atomic E-state index is -1.07. The fourth-order valence-corrected chi connectivity index (χ4v) is 2.79. The third-order valence-corrected chi connectivity index (χ3v) is 4.56. The van der Waals surface area contributed by atoms with E-state index in [0.29, 0.717) is 13.0 Å². The number of halogens is 2. The first kappa shape index (κ1) is 21.5. The van der Waals surface area contributed by atoms with Gasteiger partial charge in [-0.05, 0) is 49.6 Å². The van der Waals surface area contributed by atoms with E-state index >= 15 is 0 Å². The van der Waals surface area contributed by atoms with Gasteiger partial charge in [0.2, 0.25) is 5.91 Å². The molecule has 4 nitrogen and oxygen atoms in total. The molecule has 0 saturated carbocycles. The number of amides is 1. The van der Waals surface area contributed by atoms with Gasteiger partial charge in [0.15, 0.2) is 0 Å². The van der Waals surface area contributed by atoms with Crippen LogP contribution in [0.2, 0.25) is 0 Å². The third kappa shape index (κ3) is 5.46. The van der Waals surface area contributed by atoms with Crippen LogP contribution in [-0.4, -0.2) is 19.6 Å². The molecule has 1 unspecified atom stereocenters. The maximum Gasteiger partial charge on any atom is 0.244 e. The molecule has 2 aromatic rings. The van der Waals surface area contributed by atoms with Gasteiger partial charge in [-0.25, -0.2) is 0 Å². The second kappa shape index (κ2) is 9.22. The van der Waals surface area contributed by atoms with E-state index in [1.54, 1.807) is 14.0 Å². The van der Waals surface area contributed by atoms with Gasteiger partial charge in [0, 0.05) is 11.0 Å². The standard InChI is InChI=1S/C19H23BrN2O2.ClH/c1-13-4-9-17(24-3)14(12-13)10-11-22-18(23)19(2,21)15-5-7-16(20)8-6-15;/h4-9,12H,10-11,21H2,1-3H3,(H,22,23);1H. The summed E-state index contributed by atoms with van der Waals surface area (Å²) in [4.78, 5) is 12.5. The molecule has 0 spiro atoms. The molecule has 0 radical (unpaired) electrons. The molecule has 25 heavy (non-hydrogen) atoms. The van der Waals surface area contributed by atoms with Crippen LogP contribution in [0.3, 0.4) is 0 Å². The van der Waals surface area contributed by atoms with Crippen molar-refractivity contribution in [3.63, 3.8) is 0 Å². The maximum absolute atomic E-state index is 12.5. The first-order chi connectivity index (χ1) is 11.3. The normalized spacial score (nSPS) is 12.7. The Morgan fingerprint density at radius 2 is 1.88 bits per heavy atom. The van der Waals surface area contributed by atoms with Gasteiger partial charge in [-0.2, -0.15) is 0 Å². The second-order valence-electron chi connectivity index (χ2n) is 6.03. The number of nitrogens with two attached hydrogens (primary N) is 1.